The van der Waals surface area contributed by atoms with Gasteiger partial charge in [-0.1, -0.05) is 23.7 Å². The number of hydrogen-bond acceptors (Lipinski definition) is 5. The molecule has 1 fully saturated rings. The first kappa shape index (κ1) is 19.7. The van der Waals surface area contributed by atoms with E-state index in [1.807, 2.05) is 39.8 Å². The van der Waals surface area contributed by atoms with E-state index in [1.54, 1.807) is 12.1 Å². The van der Waals surface area contributed by atoms with Crippen molar-refractivity contribution in [1.29, 1.82) is 0 Å². The Morgan fingerprint density at radius 3 is 2.22 bits per heavy atom. The molecule has 0 bridgehead atoms. The number of nitrogens with two attached hydrogens (primary N) is 1. The zero-order chi connectivity index (χ0) is 20.0. The number of nitrogen functional groups attached to an aromatic ring is 1. The highest BCUT2D eigenvalue weighted by Crippen LogP contribution is 2.36. The third kappa shape index (κ3) is 3.81. The van der Waals surface area contributed by atoms with Gasteiger partial charge in [0.2, 0.25) is 0 Å². The summed E-state index contributed by atoms with van der Waals surface area (Å²) in [4.78, 5) is 4.27. The van der Waals surface area contributed by atoms with Crippen LogP contribution >= 0.6 is 11.6 Å². The third-order valence-corrected chi connectivity index (χ3v) is 5.28. The minimum atomic E-state index is -0.813. The van der Waals surface area contributed by atoms with Crippen LogP contribution in [0.15, 0.2) is 41.4 Å². The Bertz CT molecular complexity index is 885. The van der Waals surface area contributed by atoms with Crippen LogP contribution in [0.4, 0.5) is 15.8 Å². The third-order valence-electron chi connectivity index (χ3n) is 4.99. The van der Waals surface area contributed by atoms with Gasteiger partial charge < -0.3 is 20.1 Å². The van der Waals surface area contributed by atoms with Gasteiger partial charge in [-0.3, -0.25) is 0 Å². The Balaban J connectivity index is 1.82. The molecule has 3 N–H and O–H groups in total. The largest absolute Gasteiger partial charge is 0.505 e. The average Bonchev–Trinajstić information content (AvgIpc) is 2.79. The normalized spacial score (nSPS) is 18.7. The van der Waals surface area contributed by atoms with E-state index in [4.69, 9.17) is 26.6 Å². The molecule has 3 rings (SSSR count). The minimum Gasteiger partial charge on any atom is -0.505 e. The van der Waals surface area contributed by atoms with Crippen molar-refractivity contribution in [2.75, 3.05) is 5.73 Å². The summed E-state index contributed by atoms with van der Waals surface area (Å²) in [6, 6.07) is 9.37. The van der Waals surface area contributed by atoms with Crippen LogP contribution in [0.3, 0.4) is 0 Å². The second kappa shape index (κ2) is 6.82. The highest BCUT2D eigenvalue weighted by molar-refractivity contribution is 6.70. The first-order chi connectivity index (χ1) is 12.5. The van der Waals surface area contributed by atoms with Gasteiger partial charge in [0, 0.05) is 17.3 Å². The van der Waals surface area contributed by atoms with E-state index < -0.39 is 29.9 Å². The van der Waals surface area contributed by atoms with Gasteiger partial charge in [-0.05, 0) is 51.4 Å². The number of phenols is 1. The molecule has 142 valence electrons. The molecule has 2 aromatic carbocycles. The molecule has 0 radical (unpaired) electrons. The zero-order valence-electron chi connectivity index (χ0n) is 15.6. The molecule has 1 heterocycles. The van der Waals surface area contributed by atoms with Crippen molar-refractivity contribution in [3.8, 4) is 5.75 Å². The fraction of sp³-hybridized carbons (Fsp3) is 0.316. The molecule has 0 aliphatic carbocycles. The monoisotopic (exact) mass is 390 g/mol. The Labute approximate surface area is 163 Å². The molecular formula is C19H21BClFN2O3. The Kier molecular flexibility index (Phi) is 4.97. The first-order valence-electron chi connectivity index (χ1n) is 8.48. The van der Waals surface area contributed by atoms with Gasteiger partial charge >= 0.3 is 7.12 Å². The highest BCUT2D eigenvalue weighted by Gasteiger charge is 2.51. The Morgan fingerprint density at radius 2 is 1.67 bits per heavy atom. The molecule has 1 saturated heterocycles. The van der Waals surface area contributed by atoms with Gasteiger partial charge in [0.25, 0.3) is 0 Å². The smallest absolute Gasteiger partial charge is 0.494 e. The average molecular weight is 391 g/mol. The molecule has 2 aromatic rings. The summed E-state index contributed by atoms with van der Waals surface area (Å²) in [6.07, 6.45) is 0. The molecule has 0 saturated carbocycles. The van der Waals surface area contributed by atoms with Crippen LogP contribution in [-0.2, 0) is 9.31 Å². The number of benzene rings is 2. The molecule has 1 aliphatic rings. The standard InChI is InChI=1S/C19H21BClFN2O3/c1-18(2)19(3,4)27-20(26-18)11-5-7-12(8-6-11)24-17(21)13-9-16(25)14(22)10-15(13)23/h5-10,25H,23H2,1-4H3. The van der Waals surface area contributed by atoms with Crippen LogP contribution in [-0.4, -0.2) is 28.6 Å². The Morgan fingerprint density at radius 1 is 1.11 bits per heavy atom. The van der Waals surface area contributed by atoms with Crippen molar-refractivity contribution >= 4 is 40.7 Å². The molecule has 0 aromatic heterocycles. The summed E-state index contributed by atoms with van der Waals surface area (Å²) in [5, 5.41) is 9.56. The zero-order valence-corrected chi connectivity index (χ0v) is 16.3. The lowest BCUT2D eigenvalue weighted by Crippen LogP contribution is -2.41. The molecule has 0 amide bonds. The number of aromatic hydroxyl groups is 1. The lowest BCUT2D eigenvalue weighted by molar-refractivity contribution is 0.00578. The van der Waals surface area contributed by atoms with Crippen LogP contribution in [0.25, 0.3) is 0 Å². The molecule has 5 nitrogen and oxygen atoms in total. The number of nitrogens with zero attached hydrogens (tertiary/aromatic N) is 1. The number of rotatable bonds is 3. The number of aliphatic imine (C=N–C) groups is 1. The van der Waals surface area contributed by atoms with E-state index in [9.17, 15) is 9.50 Å². The molecular weight excluding hydrogens is 369 g/mol. The van der Waals surface area contributed by atoms with Gasteiger partial charge in [0.05, 0.1) is 16.9 Å². The predicted molar refractivity (Wildman–Crippen MR) is 107 cm³/mol. The van der Waals surface area contributed by atoms with E-state index in [0.29, 0.717) is 5.69 Å². The van der Waals surface area contributed by atoms with Crippen molar-refractivity contribution in [3.63, 3.8) is 0 Å². The van der Waals surface area contributed by atoms with Crippen molar-refractivity contribution in [1.82, 2.24) is 0 Å². The van der Waals surface area contributed by atoms with Gasteiger partial charge in [-0.15, -0.1) is 0 Å². The van der Waals surface area contributed by atoms with Gasteiger partial charge in [0.15, 0.2) is 11.6 Å². The summed E-state index contributed by atoms with van der Waals surface area (Å²) in [7, 11) is -0.465. The number of halogens is 2. The Hall–Kier alpha value is -2.09. The van der Waals surface area contributed by atoms with E-state index in [1.165, 1.54) is 0 Å². The number of anilines is 1. The molecule has 0 spiro atoms. The maximum absolute atomic E-state index is 13.3. The number of phenolic OH excluding ortho intramolecular Hbond substituents is 1. The van der Waals surface area contributed by atoms with E-state index >= 15 is 0 Å². The fourth-order valence-corrected chi connectivity index (χ4v) is 2.88. The van der Waals surface area contributed by atoms with Crippen LogP contribution in [0.1, 0.15) is 33.3 Å². The maximum Gasteiger partial charge on any atom is 0.494 e. The van der Waals surface area contributed by atoms with Gasteiger partial charge in [-0.2, -0.15) is 0 Å². The van der Waals surface area contributed by atoms with Crippen molar-refractivity contribution in [2.45, 2.75) is 38.9 Å². The van der Waals surface area contributed by atoms with Crippen LogP contribution in [0.2, 0.25) is 0 Å². The van der Waals surface area contributed by atoms with Gasteiger partial charge in [0.1, 0.15) is 5.17 Å². The quantitative estimate of drug-likeness (QED) is 0.362. The molecule has 0 atom stereocenters. The molecule has 1 aliphatic heterocycles. The lowest BCUT2D eigenvalue weighted by Gasteiger charge is -2.32. The van der Waals surface area contributed by atoms with Crippen LogP contribution in [0.5, 0.6) is 5.75 Å². The summed E-state index contributed by atoms with van der Waals surface area (Å²) in [5.41, 5.74) is 6.70. The van der Waals surface area contributed by atoms with Crippen LogP contribution in [0, 0.1) is 5.82 Å². The second-order valence-corrected chi connectivity index (χ2v) is 7.83. The summed E-state index contributed by atoms with van der Waals surface area (Å²) in [6.45, 7) is 7.98. The van der Waals surface area contributed by atoms with Crippen molar-refractivity contribution < 1.29 is 18.8 Å². The maximum atomic E-state index is 13.3. The molecule has 27 heavy (non-hydrogen) atoms. The lowest BCUT2D eigenvalue weighted by atomic mass is 9.79. The fourth-order valence-electron chi connectivity index (χ4n) is 2.61. The van der Waals surface area contributed by atoms with Crippen molar-refractivity contribution in [2.24, 2.45) is 4.99 Å². The molecule has 8 heteroatoms. The topological polar surface area (TPSA) is 77.1 Å². The SMILES string of the molecule is CC1(C)OB(c2ccc(N=C(Cl)c3cc(O)c(F)cc3N)cc2)OC1(C)C. The van der Waals surface area contributed by atoms with Gasteiger partial charge in [-0.25, -0.2) is 9.38 Å². The summed E-state index contributed by atoms with van der Waals surface area (Å²) in [5.74, 6) is -1.35. The summed E-state index contributed by atoms with van der Waals surface area (Å²) >= 11 is 6.20. The predicted octanol–water partition coefficient (Wildman–Crippen LogP) is 3.73. The minimum absolute atomic E-state index is 0.0474. The second-order valence-electron chi connectivity index (χ2n) is 7.47. The van der Waals surface area contributed by atoms with Crippen molar-refractivity contribution in [3.05, 3.63) is 47.8 Å². The van der Waals surface area contributed by atoms with E-state index in [-0.39, 0.29) is 16.4 Å². The van der Waals surface area contributed by atoms with Crippen LogP contribution < -0.4 is 11.2 Å². The number of hydrogen-bond donors (Lipinski definition) is 2. The molecule has 0 unspecified atom stereocenters. The first-order valence-corrected chi connectivity index (χ1v) is 8.86. The summed E-state index contributed by atoms with van der Waals surface area (Å²) < 4.78 is 25.3. The highest BCUT2D eigenvalue weighted by atomic mass is 35.5. The van der Waals surface area contributed by atoms with E-state index in [0.717, 1.165) is 17.6 Å². The van der Waals surface area contributed by atoms with E-state index in [2.05, 4.69) is 4.99 Å².